The van der Waals surface area contributed by atoms with Crippen LogP contribution in [0.15, 0.2) is 0 Å². The lowest BCUT2D eigenvalue weighted by Crippen LogP contribution is -2.35. The molecular formula is C18H37NO. The van der Waals surface area contributed by atoms with E-state index in [1.807, 2.05) is 0 Å². The third-order valence-electron chi connectivity index (χ3n) is 5.12. The van der Waals surface area contributed by atoms with Crippen molar-refractivity contribution in [3.8, 4) is 0 Å². The predicted octanol–water partition coefficient (Wildman–Crippen LogP) is 4.23. The third-order valence-corrected chi connectivity index (χ3v) is 5.12. The first-order chi connectivity index (χ1) is 9.24. The van der Waals surface area contributed by atoms with Gasteiger partial charge in [0.15, 0.2) is 0 Å². The standard InChI is InChI=1S/C18H37NO/c1-17(2,3)16-9-7-15(8-10-16)13-19-14-18(4,5)11-6-12-20/h15-16,19-20H,6-14H2,1-5H3. The van der Waals surface area contributed by atoms with E-state index in [4.69, 9.17) is 5.11 Å². The second-order valence-electron chi connectivity index (χ2n) is 8.71. The monoisotopic (exact) mass is 283 g/mol. The fraction of sp³-hybridized carbons (Fsp3) is 1.00. The van der Waals surface area contributed by atoms with Gasteiger partial charge in [0, 0.05) is 13.2 Å². The average molecular weight is 284 g/mol. The van der Waals surface area contributed by atoms with Gasteiger partial charge in [-0.3, -0.25) is 0 Å². The number of nitrogens with one attached hydrogen (secondary N) is 1. The largest absolute Gasteiger partial charge is 0.396 e. The maximum atomic E-state index is 8.93. The van der Waals surface area contributed by atoms with Crippen molar-refractivity contribution < 1.29 is 5.11 Å². The number of hydrogen-bond acceptors (Lipinski definition) is 2. The van der Waals surface area contributed by atoms with E-state index in [2.05, 4.69) is 39.9 Å². The summed E-state index contributed by atoms with van der Waals surface area (Å²) in [6.45, 7) is 14.3. The predicted molar refractivity (Wildman–Crippen MR) is 87.9 cm³/mol. The molecule has 2 N–H and O–H groups in total. The van der Waals surface area contributed by atoms with E-state index in [9.17, 15) is 0 Å². The van der Waals surface area contributed by atoms with Gasteiger partial charge in [-0.15, -0.1) is 0 Å². The number of aliphatic hydroxyl groups excluding tert-OH is 1. The SMILES string of the molecule is CC(C)(CCCO)CNCC1CCC(C(C)(C)C)CC1. The Morgan fingerprint density at radius 3 is 2.10 bits per heavy atom. The van der Waals surface area contributed by atoms with Gasteiger partial charge in [-0.05, 0) is 67.7 Å². The van der Waals surface area contributed by atoms with Crippen LogP contribution in [0.3, 0.4) is 0 Å². The maximum absolute atomic E-state index is 8.93. The highest BCUT2D eigenvalue weighted by molar-refractivity contribution is 4.82. The molecule has 1 fully saturated rings. The van der Waals surface area contributed by atoms with E-state index in [1.54, 1.807) is 0 Å². The molecule has 0 aromatic heterocycles. The normalized spacial score (nSPS) is 24.9. The van der Waals surface area contributed by atoms with Crippen molar-refractivity contribution in [2.24, 2.45) is 22.7 Å². The molecule has 0 spiro atoms. The molecule has 0 aliphatic heterocycles. The zero-order valence-electron chi connectivity index (χ0n) is 14.5. The van der Waals surface area contributed by atoms with Crippen LogP contribution in [0.2, 0.25) is 0 Å². The molecule has 1 rings (SSSR count). The van der Waals surface area contributed by atoms with Gasteiger partial charge in [0.1, 0.15) is 0 Å². The van der Waals surface area contributed by atoms with E-state index < -0.39 is 0 Å². The minimum absolute atomic E-state index is 0.311. The van der Waals surface area contributed by atoms with Gasteiger partial charge in [0.05, 0.1) is 0 Å². The number of rotatable bonds is 7. The first kappa shape index (κ1) is 18.0. The molecule has 1 aliphatic carbocycles. The molecule has 20 heavy (non-hydrogen) atoms. The van der Waals surface area contributed by atoms with Gasteiger partial charge in [-0.2, -0.15) is 0 Å². The zero-order valence-corrected chi connectivity index (χ0v) is 14.5. The Balaban J connectivity index is 2.18. The summed E-state index contributed by atoms with van der Waals surface area (Å²) in [7, 11) is 0. The van der Waals surface area contributed by atoms with Crippen LogP contribution in [-0.4, -0.2) is 24.8 Å². The summed E-state index contributed by atoms with van der Waals surface area (Å²) in [5, 5.41) is 12.6. The summed E-state index contributed by atoms with van der Waals surface area (Å²) in [4.78, 5) is 0. The van der Waals surface area contributed by atoms with Crippen LogP contribution in [0.1, 0.15) is 73.1 Å². The van der Waals surface area contributed by atoms with Gasteiger partial charge >= 0.3 is 0 Å². The van der Waals surface area contributed by atoms with Gasteiger partial charge in [-0.1, -0.05) is 34.6 Å². The Morgan fingerprint density at radius 1 is 1.00 bits per heavy atom. The molecule has 1 saturated carbocycles. The second kappa shape index (κ2) is 7.79. The van der Waals surface area contributed by atoms with Gasteiger partial charge in [-0.25, -0.2) is 0 Å². The van der Waals surface area contributed by atoms with E-state index in [0.717, 1.165) is 31.2 Å². The molecule has 0 amide bonds. The van der Waals surface area contributed by atoms with Crippen LogP contribution in [-0.2, 0) is 0 Å². The van der Waals surface area contributed by atoms with Crippen LogP contribution in [0.5, 0.6) is 0 Å². The van der Waals surface area contributed by atoms with Gasteiger partial charge < -0.3 is 10.4 Å². The molecule has 1 aliphatic rings. The summed E-state index contributed by atoms with van der Waals surface area (Å²) >= 11 is 0. The summed E-state index contributed by atoms with van der Waals surface area (Å²) in [6.07, 6.45) is 7.63. The summed E-state index contributed by atoms with van der Waals surface area (Å²) in [5.74, 6) is 1.79. The van der Waals surface area contributed by atoms with Crippen molar-refractivity contribution in [1.29, 1.82) is 0 Å². The lowest BCUT2D eigenvalue weighted by atomic mass is 9.70. The van der Waals surface area contributed by atoms with Crippen molar-refractivity contribution in [2.45, 2.75) is 73.1 Å². The fourth-order valence-corrected chi connectivity index (χ4v) is 3.49. The summed E-state index contributed by atoms with van der Waals surface area (Å²) < 4.78 is 0. The highest BCUT2D eigenvalue weighted by atomic mass is 16.2. The van der Waals surface area contributed by atoms with Crippen LogP contribution in [0.4, 0.5) is 0 Å². The first-order valence-electron chi connectivity index (χ1n) is 8.56. The molecule has 0 saturated heterocycles. The summed E-state index contributed by atoms with van der Waals surface area (Å²) in [5.41, 5.74) is 0.802. The van der Waals surface area contributed by atoms with Crippen molar-refractivity contribution in [2.75, 3.05) is 19.7 Å². The lowest BCUT2D eigenvalue weighted by molar-refractivity contribution is 0.146. The van der Waals surface area contributed by atoms with E-state index in [1.165, 1.54) is 32.2 Å². The summed E-state index contributed by atoms with van der Waals surface area (Å²) in [6, 6.07) is 0. The Morgan fingerprint density at radius 2 is 1.60 bits per heavy atom. The van der Waals surface area contributed by atoms with Crippen molar-refractivity contribution in [3.05, 3.63) is 0 Å². The van der Waals surface area contributed by atoms with Crippen LogP contribution in [0.25, 0.3) is 0 Å². The number of hydrogen-bond donors (Lipinski definition) is 2. The van der Waals surface area contributed by atoms with E-state index in [0.29, 0.717) is 17.4 Å². The minimum atomic E-state index is 0.311. The smallest absolute Gasteiger partial charge is 0.0431 e. The molecule has 120 valence electrons. The average Bonchev–Trinajstić information content (AvgIpc) is 2.36. The molecule has 0 unspecified atom stereocenters. The topological polar surface area (TPSA) is 32.3 Å². The van der Waals surface area contributed by atoms with Crippen molar-refractivity contribution in [1.82, 2.24) is 5.32 Å². The van der Waals surface area contributed by atoms with Gasteiger partial charge in [0.2, 0.25) is 0 Å². The molecule has 0 radical (unpaired) electrons. The van der Waals surface area contributed by atoms with Crippen LogP contribution in [0, 0.1) is 22.7 Å². The molecule has 0 atom stereocenters. The highest BCUT2D eigenvalue weighted by Crippen LogP contribution is 2.39. The molecular weight excluding hydrogens is 246 g/mol. The zero-order chi connectivity index (χ0) is 15.2. The molecule has 2 heteroatoms. The quantitative estimate of drug-likeness (QED) is 0.733. The minimum Gasteiger partial charge on any atom is -0.396 e. The van der Waals surface area contributed by atoms with E-state index >= 15 is 0 Å². The first-order valence-corrected chi connectivity index (χ1v) is 8.56. The molecule has 0 aromatic carbocycles. The van der Waals surface area contributed by atoms with Crippen LogP contribution >= 0.6 is 0 Å². The maximum Gasteiger partial charge on any atom is 0.0431 e. The van der Waals surface area contributed by atoms with Gasteiger partial charge in [0.25, 0.3) is 0 Å². The molecule has 0 aromatic rings. The Hall–Kier alpha value is -0.0800. The van der Waals surface area contributed by atoms with Crippen LogP contribution < -0.4 is 5.32 Å². The Kier molecular flexibility index (Phi) is 7.00. The van der Waals surface area contributed by atoms with E-state index in [-0.39, 0.29) is 0 Å². The molecule has 0 heterocycles. The lowest BCUT2D eigenvalue weighted by Gasteiger charge is -2.37. The Bertz CT molecular complexity index is 259. The molecule has 2 nitrogen and oxygen atoms in total. The van der Waals surface area contributed by atoms with Crippen molar-refractivity contribution in [3.63, 3.8) is 0 Å². The Labute approximate surface area is 126 Å². The third kappa shape index (κ3) is 6.58. The second-order valence-corrected chi connectivity index (χ2v) is 8.71. The molecule has 0 bridgehead atoms. The number of aliphatic hydroxyl groups is 1. The van der Waals surface area contributed by atoms with Crippen molar-refractivity contribution >= 4 is 0 Å². The fourth-order valence-electron chi connectivity index (χ4n) is 3.49. The highest BCUT2D eigenvalue weighted by Gasteiger charge is 2.29.